The van der Waals surface area contributed by atoms with E-state index in [1.54, 1.807) is 0 Å². The Balaban J connectivity index is 2.02. The first kappa shape index (κ1) is 10.6. The maximum absolute atomic E-state index is 11.3. The summed E-state index contributed by atoms with van der Waals surface area (Å²) < 4.78 is 0. The molecule has 2 fully saturated rings. The number of piperidine rings is 1. The van der Waals surface area contributed by atoms with Crippen molar-refractivity contribution in [1.82, 2.24) is 10.0 Å². The molecule has 0 aromatic rings. The summed E-state index contributed by atoms with van der Waals surface area (Å²) in [7, 11) is 0. The second kappa shape index (κ2) is 4.28. The van der Waals surface area contributed by atoms with E-state index in [1.807, 2.05) is 10.0 Å². The van der Waals surface area contributed by atoms with Gasteiger partial charge in [0.25, 0.3) is 0 Å². The van der Waals surface area contributed by atoms with Gasteiger partial charge in [-0.2, -0.15) is 0 Å². The Bertz CT molecular complexity index is 280. The predicted octanol–water partition coefficient (Wildman–Crippen LogP) is -0.484. The molecule has 5 heteroatoms. The van der Waals surface area contributed by atoms with E-state index in [0.29, 0.717) is 13.0 Å². The summed E-state index contributed by atoms with van der Waals surface area (Å²) in [5.41, 5.74) is 5.34. The maximum atomic E-state index is 11.3. The molecule has 0 spiro atoms. The molecule has 5 nitrogen and oxygen atoms in total. The zero-order chi connectivity index (χ0) is 10.8. The SMILES string of the molecule is NC(=O)C1CCCN1N1CCCC(=O)C1. The molecule has 2 aliphatic rings. The molecule has 15 heavy (non-hydrogen) atoms. The minimum absolute atomic E-state index is 0.198. The van der Waals surface area contributed by atoms with Crippen molar-refractivity contribution < 1.29 is 9.59 Å². The first-order valence-corrected chi connectivity index (χ1v) is 5.51. The van der Waals surface area contributed by atoms with E-state index in [1.165, 1.54) is 0 Å². The lowest BCUT2D eigenvalue weighted by Gasteiger charge is -2.36. The van der Waals surface area contributed by atoms with Gasteiger partial charge in [-0.25, -0.2) is 10.0 Å². The highest BCUT2D eigenvalue weighted by atomic mass is 16.2. The number of hydrogen-bond donors (Lipinski definition) is 1. The van der Waals surface area contributed by atoms with Crippen LogP contribution in [-0.2, 0) is 9.59 Å². The molecule has 0 bridgehead atoms. The molecule has 0 saturated carbocycles. The maximum Gasteiger partial charge on any atom is 0.236 e. The Labute approximate surface area is 89.2 Å². The summed E-state index contributed by atoms with van der Waals surface area (Å²) in [6.45, 7) is 2.17. The summed E-state index contributed by atoms with van der Waals surface area (Å²) >= 11 is 0. The van der Waals surface area contributed by atoms with Crippen LogP contribution in [0.1, 0.15) is 25.7 Å². The van der Waals surface area contributed by atoms with E-state index in [4.69, 9.17) is 5.73 Å². The second-order valence-electron chi connectivity index (χ2n) is 4.25. The molecular formula is C10H17N3O2. The molecule has 2 N–H and O–H groups in total. The van der Waals surface area contributed by atoms with Crippen LogP contribution in [0, 0.1) is 0 Å². The van der Waals surface area contributed by atoms with Crippen molar-refractivity contribution in [3.05, 3.63) is 0 Å². The van der Waals surface area contributed by atoms with Gasteiger partial charge in [-0.15, -0.1) is 0 Å². The van der Waals surface area contributed by atoms with Crippen LogP contribution in [-0.4, -0.2) is 47.4 Å². The molecule has 1 amide bonds. The van der Waals surface area contributed by atoms with Crippen LogP contribution < -0.4 is 5.73 Å². The van der Waals surface area contributed by atoms with Gasteiger partial charge in [0, 0.05) is 19.5 Å². The van der Waals surface area contributed by atoms with Gasteiger partial charge in [-0.1, -0.05) is 0 Å². The van der Waals surface area contributed by atoms with Crippen LogP contribution in [0.5, 0.6) is 0 Å². The van der Waals surface area contributed by atoms with Gasteiger partial charge in [0.05, 0.1) is 6.54 Å². The number of ketones is 1. The van der Waals surface area contributed by atoms with E-state index < -0.39 is 0 Å². The fraction of sp³-hybridized carbons (Fsp3) is 0.800. The molecule has 2 rings (SSSR count). The van der Waals surface area contributed by atoms with Crippen molar-refractivity contribution >= 4 is 11.7 Å². The number of nitrogens with two attached hydrogens (primary N) is 1. The van der Waals surface area contributed by atoms with Crippen LogP contribution in [0.15, 0.2) is 0 Å². The normalized spacial score (nSPS) is 29.6. The smallest absolute Gasteiger partial charge is 0.236 e. The average molecular weight is 211 g/mol. The molecule has 2 aliphatic heterocycles. The van der Waals surface area contributed by atoms with Gasteiger partial charge in [-0.3, -0.25) is 9.59 Å². The minimum atomic E-state index is -0.273. The molecule has 0 aliphatic carbocycles. The molecule has 2 heterocycles. The third-order valence-electron chi connectivity index (χ3n) is 3.15. The van der Waals surface area contributed by atoms with E-state index in [-0.39, 0.29) is 17.7 Å². The standard InChI is InChI=1S/C10H17N3O2/c11-10(15)9-4-2-6-13(9)12-5-1-3-8(14)7-12/h9H,1-7H2,(H2,11,15). The molecule has 0 radical (unpaired) electrons. The molecule has 0 aromatic carbocycles. The largest absolute Gasteiger partial charge is 0.368 e. The highest BCUT2D eigenvalue weighted by Gasteiger charge is 2.34. The first-order valence-electron chi connectivity index (χ1n) is 5.51. The Kier molecular flexibility index (Phi) is 3.02. The lowest BCUT2D eigenvalue weighted by atomic mass is 10.1. The fourth-order valence-electron chi connectivity index (χ4n) is 2.42. The third kappa shape index (κ3) is 2.18. The molecule has 1 unspecified atom stereocenters. The van der Waals surface area contributed by atoms with E-state index in [0.717, 1.165) is 32.4 Å². The molecule has 0 aromatic heterocycles. The van der Waals surface area contributed by atoms with E-state index in [2.05, 4.69) is 0 Å². The summed E-state index contributed by atoms with van der Waals surface area (Å²) in [4.78, 5) is 22.5. The van der Waals surface area contributed by atoms with Crippen molar-refractivity contribution in [2.45, 2.75) is 31.7 Å². The van der Waals surface area contributed by atoms with Gasteiger partial charge in [0.15, 0.2) is 0 Å². The monoisotopic (exact) mass is 211 g/mol. The fourth-order valence-corrected chi connectivity index (χ4v) is 2.42. The van der Waals surface area contributed by atoms with Crippen LogP contribution in [0.4, 0.5) is 0 Å². The number of hydrazine groups is 1. The summed E-state index contributed by atoms with van der Waals surface area (Å²) in [6, 6.07) is -0.198. The number of nitrogens with zero attached hydrogens (tertiary/aromatic N) is 2. The van der Waals surface area contributed by atoms with Crippen LogP contribution in [0.25, 0.3) is 0 Å². The highest BCUT2D eigenvalue weighted by molar-refractivity contribution is 5.82. The lowest BCUT2D eigenvalue weighted by Crippen LogP contribution is -2.53. The number of amides is 1. The van der Waals surface area contributed by atoms with Crippen molar-refractivity contribution in [3.63, 3.8) is 0 Å². The number of hydrogen-bond acceptors (Lipinski definition) is 4. The van der Waals surface area contributed by atoms with Crippen LogP contribution in [0.2, 0.25) is 0 Å². The minimum Gasteiger partial charge on any atom is -0.368 e. The molecule has 1 atom stereocenters. The van der Waals surface area contributed by atoms with Gasteiger partial charge >= 0.3 is 0 Å². The van der Waals surface area contributed by atoms with Gasteiger partial charge < -0.3 is 5.73 Å². The summed E-state index contributed by atoms with van der Waals surface area (Å²) in [5, 5.41) is 3.98. The molecule has 84 valence electrons. The van der Waals surface area contributed by atoms with Crippen molar-refractivity contribution in [2.24, 2.45) is 5.73 Å². The summed E-state index contributed by atoms with van der Waals surface area (Å²) in [6.07, 6.45) is 3.37. The Morgan fingerprint density at radius 3 is 2.80 bits per heavy atom. The lowest BCUT2D eigenvalue weighted by molar-refractivity contribution is -0.139. The van der Waals surface area contributed by atoms with E-state index >= 15 is 0 Å². The van der Waals surface area contributed by atoms with Crippen molar-refractivity contribution in [1.29, 1.82) is 0 Å². The van der Waals surface area contributed by atoms with Crippen LogP contribution in [0.3, 0.4) is 0 Å². The topological polar surface area (TPSA) is 66.6 Å². The van der Waals surface area contributed by atoms with Gasteiger partial charge in [-0.05, 0) is 19.3 Å². The Hall–Kier alpha value is -0.940. The molecular weight excluding hydrogens is 194 g/mol. The summed E-state index contributed by atoms with van der Waals surface area (Å²) in [5.74, 6) is -0.0121. The number of Topliss-reactive ketones (excluding diaryl/α,β-unsaturated/α-hetero) is 1. The molecule has 2 saturated heterocycles. The zero-order valence-electron chi connectivity index (χ0n) is 8.82. The highest BCUT2D eigenvalue weighted by Crippen LogP contribution is 2.21. The number of carbonyl (C=O) groups is 2. The number of primary amides is 1. The average Bonchev–Trinajstić information content (AvgIpc) is 2.65. The van der Waals surface area contributed by atoms with Crippen LogP contribution >= 0.6 is 0 Å². The Morgan fingerprint density at radius 1 is 1.33 bits per heavy atom. The van der Waals surface area contributed by atoms with Crippen molar-refractivity contribution in [2.75, 3.05) is 19.6 Å². The zero-order valence-corrected chi connectivity index (χ0v) is 8.82. The second-order valence-corrected chi connectivity index (χ2v) is 4.25. The quantitative estimate of drug-likeness (QED) is 0.669. The first-order chi connectivity index (χ1) is 7.18. The number of rotatable bonds is 2. The van der Waals surface area contributed by atoms with Crippen molar-refractivity contribution in [3.8, 4) is 0 Å². The number of carbonyl (C=O) groups excluding carboxylic acids is 2. The van der Waals surface area contributed by atoms with Gasteiger partial charge in [0.1, 0.15) is 11.8 Å². The Morgan fingerprint density at radius 2 is 2.13 bits per heavy atom. The predicted molar refractivity (Wildman–Crippen MR) is 54.7 cm³/mol. The van der Waals surface area contributed by atoms with E-state index in [9.17, 15) is 9.59 Å². The van der Waals surface area contributed by atoms with Gasteiger partial charge in [0.2, 0.25) is 5.91 Å². The third-order valence-corrected chi connectivity index (χ3v) is 3.15.